The van der Waals surface area contributed by atoms with Gasteiger partial charge >= 0.3 is 0 Å². The quantitative estimate of drug-likeness (QED) is 0.875. The molecule has 2 N–H and O–H groups in total. The van der Waals surface area contributed by atoms with Gasteiger partial charge in [0.05, 0.1) is 18.5 Å². The van der Waals surface area contributed by atoms with Gasteiger partial charge < -0.3 is 15.4 Å². The minimum atomic E-state index is -0.629. The molecule has 0 bridgehead atoms. The lowest BCUT2D eigenvalue weighted by atomic mass is 10.1. The molecule has 0 aliphatic carbocycles. The molecule has 2 aromatic carbocycles. The molecular formula is C15H15FN2O2. The first kappa shape index (κ1) is 13.9. The number of ether oxygens (including phenoxy) is 1. The fourth-order valence-electron chi connectivity index (χ4n) is 1.95. The summed E-state index contributed by atoms with van der Waals surface area (Å²) in [5.41, 5.74) is 6.68. The Hall–Kier alpha value is -2.56. The van der Waals surface area contributed by atoms with Crippen LogP contribution in [-0.4, -0.2) is 20.1 Å². The molecule has 2 aromatic rings. The van der Waals surface area contributed by atoms with Crippen LogP contribution in [0.1, 0.15) is 10.4 Å². The number of amides is 1. The summed E-state index contributed by atoms with van der Waals surface area (Å²) in [5, 5.41) is 0. The molecule has 0 heterocycles. The summed E-state index contributed by atoms with van der Waals surface area (Å²) in [5.74, 6) is -0.954. The van der Waals surface area contributed by atoms with Crippen LogP contribution >= 0.6 is 0 Å². The van der Waals surface area contributed by atoms with Gasteiger partial charge in [-0.05, 0) is 24.3 Å². The Labute approximate surface area is 116 Å². The lowest BCUT2D eigenvalue weighted by Gasteiger charge is -2.20. The molecule has 2 rings (SSSR count). The zero-order chi connectivity index (χ0) is 14.7. The van der Waals surface area contributed by atoms with E-state index >= 15 is 0 Å². The van der Waals surface area contributed by atoms with Gasteiger partial charge in [0, 0.05) is 7.05 Å². The Morgan fingerprint density at radius 3 is 2.55 bits per heavy atom. The minimum Gasteiger partial charge on any atom is -0.496 e. The van der Waals surface area contributed by atoms with Crippen molar-refractivity contribution < 1.29 is 13.9 Å². The number of para-hydroxylation sites is 2. The molecule has 1 amide bonds. The van der Waals surface area contributed by atoms with E-state index in [1.54, 1.807) is 37.4 Å². The third-order valence-electron chi connectivity index (χ3n) is 3.01. The molecular weight excluding hydrogens is 259 g/mol. The lowest BCUT2D eigenvalue weighted by Crippen LogP contribution is -2.28. The molecule has 104 valence electrons. The van der Waals surface area contributed by atoms with E-state index in [1.165, 1.54) is 24.1 Å². The SMILES string of the molecule is COc1cccc(F)c1C(=O)N(C)c1ccccc1N. The highest BCUT2D eigenvalue weighted by Gasteiger charge is 2.22. The largest absolute Gasteiger partial charge is 0.496 e. The number of methoxy groups -OCH3 is 1. The summed E-state index contributed by atoms with van der Waals surface area (Å²) in [6.45, 7) is 0. The van der Waals surface area contributed by atoms with Gasteiger partial charge in [0.25, 0.3) is 5.91 Å². The van der Waals surface area contributed by atoms with Crippen molar-refractivity contribution in [1.82, 2.24) is 0 Å². The number of nitrogens with two attached hydrogens (primary N) is 1. The van der Waals surface area contributed by atoms with Gasteiger partial charge in [0.2, 0.25) is 0 Å². The van der Waals surface area contributed by atoms with E-state index < -0.39 is 11.7 Å². The molecule has 0 atom stereocenters. The first-order chi connectivity index (χ1) is 9.56. The highest BCUT2D eigenvalue weighted by molar-refractivity contribution is 6.09. The fraction of sp³-hybridized carbons (Fsp3) is 0.133. The molecule has 0 saturated heterocycles. The highest BCUT2D eigenvalue weighted by Crippen LogP contribution is 2.27. The van der Waals surface area contributed by atoms with E-state index in [-0.39, 0.29) is 11.3 Å². The van der Waals surface area contributed by atoms with Crippen molar-refractivity contribution in [2.45, 2.75) is 0 Å². The van der Waals surface area contributed by atoms with Crippen molar-refractivity contribution in [1.29, 1.82) is 0 Å². The van der Waals surface area contributed by atoms with E-state index in [0.29, 0.717) is 11.4 Å². The second-order valence-corrected chi connectivity index (χ2v) is 4.24. The second-order valence-electron chi connectivity index (χ2n) is 4.24. The normalized spacial score (nSPS) is 10.2. The topological polar surface area (TPSA) is 55.6 Å². The number of hydrogen-bond donors (Lipinski definition) is 1. The maximum Gasteiger partial charge on any atom is 0.264 e. The van der Waals surface area contributed by atoms with Crippen LogP contribution in [0.3, 0.4) is 0 Å². The van der Waals surface area contributed by atoms with Crippen LogP contribution in [0, 0.1) is 5.82 Å². The lowest BCUT2D eigenvalue weighted by molar-refractivity contribution is 0.0986. The molecule has 5 heteroatoms. The summed E-state index contributed by atoms with van der Waals surface area (Å²) in [7, 11) is 2.93. The van der Waals surface area contributed by atoms with Crippen molar-refractivity contribution in [3.8, 4) is 5.75 Å². The minimum absolute atomic E-state index is 0.110. The molecule has 0 fully saturated rings. The molecule has 0 unspecified atom stereocenters. The Balaban J connectivity index is 2.44. The van der Waals surface area contributed by atoms with Gasteiger partial charge in [0.1, 0.15) is 17.1 Å². The predicted molar refractivity (Wildman–Crippen MR) is 76.5 cm³/mol. The molecule has 0 aliphatic rings. The molecule has 4 nitrogen and oxygen atoms in total. The first-order valence-corrected chi connectivity index (χ1v) is 6.01. The van der Waals surface area contributed by atoms with Crippen LogP contribution in [0.15, 0.2) is 42.5 Å². The van der Waals surface area contributed by atoms with Crippen LogP contribution in [0.5, 0.6) is 5.75 Å². The van der Waals surface area contributed by atoms with Crippen molar-refractivity contribution in [3.63, 3.8) is 0 Å². The van der Waals surface area contributed by atoms with Crippen LogP contribution in [0.25, 0.3) is 0 Å². The van der Waals surface area contributed by atoms with Gasteiger partial charge in [-0.25, -0.2) is 4.39 Å². The maximum atomic E-state index is 13.9. The Morgan fingerprint density at radius 1 is 1.20 bits per heavy atom. The van der Waals surface area contributed by atoms with E-state index in [1.807, 2.05) is 0 Å². The zero-order valence-electron chi connectivity index (χ0n) is 11.3. The third kappa shape index (κ3) is 2.42. The summed E-state index contributed by atoms with van der Waals surface area (Å²) >= 11 is 0. The van der Waals surface area contributed by atoms with Gasteiger partial charge in [-0.1, -0.05) is 18.2 Å². The number of halogens is 1. The Morgan fingerprint density at radius 2 is 1.90 bits per heavy atom. The smallest absolute Gasteiger partial charge is 0.264 e. The summed E-state index contributed by atoms with van der Waals surface area (Å²) in [6, 6.07) is 11.1. The number of carbonyl (C=O) groups is 1. The van der Waals surface area contributed by atoms with Crippen molar-refractivity contribution in [2.24, 2.45) is 0 Å². The maximum absolute atomic E-state index is 13.9. The second kappa shape index (κ2) is 5.61. The highest BCUT2D eigenvalue weighted by atomic mass is 19.1. The van der Waals surface area contributed by atoms with E-state index in [0.717, 1.165) is 0 Å². The van der Waals surface area contributed by atoms with Crippen LogP contribution in [0.4, 0.5) is 15.8 Å². The summed E-state index contributed by atoms with van der Waals surface area (Å²) in [4.78, 5) is 13.8. The van der Waals surface area contributed by atoms with Crippen molar-refractivity contribution in [3.05, 3.63) is 53.8 Å². The van der Waals surface area contributed by atoms with Crippen LogP contribution < -0.4 is 15.4 Å². The number of benzene rings is 2. The molecule has 0 radical (unpaired) electrons. The fourth-order valence-corrected chi connectivity index (χ4v) is 1.95. The number of nitrogens with zero attached hydrogens (tertiary/aromatic N) is 1. The first-order valence-electron chi connectivity index (χ1n) is 6.01. The van der Waals surface area contributed by atoms with Crippen LogP contribution in [0.2, 0.25) is 0 Å². The zero-order valence-corrected chi connectivity index (χ0v) is 11.3. The Bertz CT molecular complexity index is 644. The van der Waals surface area contributed by atoms with Crippen LogP contribution in [-0.2, 0) is 0 Å². The standard InChI is InChI=1S/C15H15FN2O2/c1-18(12-8-4-3-7-11(12)17)15(19)14-10(16)6-5-9-13(14)20-2/h3-9H,17H2,1-2H3. The Kier molecular flexibility index (Phi) is 3.89. The number of hydrogen-bond acceptors (Lipinski definition) is 3. The van der Waals surface area contributed by atoms with Gasteiger partial charge in [-0.3, -0.25) is 4.79 Å². The summed E-state index contributed by atoms with van der Waals surface area (Å²) in [6.07, 6.45) is 0. The van der Waals surface area contributed by atoms with Gasteiger partial charge in [-0.2, -0.15) is 0 Å². The van der Waals surface area contributed by atoms with Crippen molar-refractivity contribution >= 4 is 17.3 Å². The number of nitrogen functional groups attached to an aromatic ring is 1. The van der Waals surface area contributed by atoms with E-state index in [4.69, 9.17) is 10.5 Å². The molecule has 0 spiro atoms. The molecule has 20 heavy (non-hydrogen) atoms. The van der Waals surface area contributed by atoms with E-state index in [9.17, 15) is 9.18 Å². The molecule has 0 saturated carbocycles. The number of rotatable bonds is 3. The number of anilines is 2. The monoisotopic (exact) mass is 274 g/mol. The average Bonchev–Trinajstić information content (AvgIpc) is 2.46. The molecule has 0 aliphatic heterocycles. The average molecular weight is 274 g/mol. The summed E-state index contributed by atoms with van der Waals surface area (Å²) < 4.78 is 19.0. The molecule has 0 aromatic heterocycles. The van der Waals surface area contributed by atoms with E-state index in [2.05, 4.69) is 0 Å². The number of carbonyl (C=O) groups excluding carboxylic acids is 1. The van der Waals surface area contributed by atoms with Crippen molar-refractivity contribution in [2.75, 3.05) is 24.8 Å². The predicted octanol–water partition coefficient (Wildman–Crippen LogP) is 2.69. The van der Waals surface area contributed by atoms with Gasteiger partial charge in [0.15, 0.2) is 0 Å². The third-order valence-corrected chi connectivity index (χ3v) is 3.01. The van der Waals surface area contributed by atoms with Gasteiger partial charge in [-0.15, -0.1) is 0 Å².